The van der Waals surface area contributed by atoms with E-state index in [2.05, 4.69) is 18.2 Å². The molecule has 0 radical (unpaired) electrons. The van der Waals surface area contributed by atoms with Crippen molar-refractivity contribution in [3.63, 3.8) is 0 Å². The van der Waals surface area contributed by atoms with Crippen LogP contribution in [0.25, 0.3) is 5.57 Å². The Kier molecular flexibility index (Phi) is 6.54. The van der Waals surface area contributed by atoms with E-state index in [-0.39, 0.29) is 23.3 Å². The molecule has 1 aliphatic carbocycles. The number of imide groups is 1. The van der Waals surface area contributed by atoms with Crippen molar-refractivity contribution in [3.05, 3.63) is 124 Å². The van der Waals surface area contributed by atoms with Crippen LogP contribution in [0.5, 0.6) is 11.5 Å². The lowest BCUT2D eigenvalue weighted by Gasteiger charge is -2.19. The summed E-state index contributed by atoms with van der Waals surface area (Å²) < 4.78 is 0. The molecule has 0 saturated heterocycles. The Labute approximate surface area is 210 Å². The largest absolute Gasteiger partial charge is 0.508 e. The molecule has 0 spiro atoms. The van der Waals surface area contributed by atoms with E-state index in [1.54, 1.807) is 48.5 Å². The molecule has 36 heavy (non-hydrogen) atoms. The molecular weight excluding hydrogens is 450 g/mol. The van der Waals surface area contributed by atoms with Crippen molar-refractivity contribution in [2.75, 3.05) is 6.54 Å². The minimum Gasteiger partial charge on any atom is -0.508 e. The minimum absolute atomic E-state index is 0.202. The van der Waals surface area contributed by atoms with Crippen LogP contribution in [-0.4, -0.2) is 33.5 Å². The van der Waals surface area contributed by atoms with Gasteiger partial charge in [0.1, 0.15) is 11.5 Å². The fourth-order valence-corrected chi connectivity index (χ4v) is 4.90. The van der Waals surface area contributed by atoms with Gasteiger partial charge in [-0.2, -0.15) is 0 Å². The molecule has 1 aliphatic heterocycles. The van der Waals surface area contributed by atoms with E-state index in [4.69, 9.17) is 0 Å². The first kappa shape index (κ1) is 23.4. The van der Waals surface area contributed by atoms with Gasteiger partial charge in [0, 0.05) is 6.54 Å². The summed E-state index contributed by atoms with van der Waals surface area (Å²) in [7, 11) is 0. The predicted octanol–water partition coefficient (Wildman–Crippen LogP) is 6.25. The predicted molar refractivity (Wildman–Crippen MR) is 140 cm³/mol. The molecule has 3 aromatic rings. The summed E-state index contributed by atoms with van der Waals surface area (Å²) in [6.07, 6.45) is 9.37. The number of hydrogen-bond acceptors (Lipinski definition) is 4. The highest BCUT2D eigenvalue weighted by molar-refractivity contribution is 6.21. The molecular formula is C31H27NO4. The molecule has 5 rings (SSSR count). The average molecular weight is 478 g/mol. The lowest BCUT2D eigenvalue weighted by Crippen LogP contribution is -2.30. The van der Waals surface area contributed by atoms with E-state index in [1.165, 1.54) is 16.0 Å². The summed E-state index contributed by atoms with van der Waals surface area (Å²) in [6.45, 7) is 0.380. The summed E-state index contributed by atoms with van der Waals surface area (Å²) in [5.41, 5.74) is 6.35. The third-order valence-corrected chi connectivity index (χ3v) is 6.71. The third-order valence-electron chi connectivity index (χ3n) is 6.71. The van der Waals surface area contributed by atoms with Crippen molar-refractivity contribution in [2.24, 2.45) is 0 Å². The molecule has 0 bridgehead atoms. The number of carbonyl (C=O) groups excluding carboxylic acids is 2. The van der Waals surface area contributed by atoms with E-state index in [0.717, 1.165) is 36.0 Å². The zero-order chi connectivity index (χ0) is 25.1. The van der Waals surface area contributed by atoms with Crippen LogP contribution in [0, 0.1) is 0 Å². The number of phenols is 2. The Morgan fingerprint density at radius 2 is 1.31 bits per heavy atom. The Morgan fingerprint density at radius 1 is 0.750 bits per heavy atom. The van der Waals surface area contributed by atoms with Crippen LogP contribution in [-0.2, 0) is 0 Å². The van der Waals surface area contributed by atoms with Gasteiger partial charge in [-0.15, -0.1) is 0 Å². The number of unbranched alkanes of at least 4 members (excludes halogenated alkanes) is 1. The zero-order valence-electron chi connectivity index (χ0n) is 19.9. The van der Waals surface area contributed by atoms with Crippen molar-refractivity contribution in [3.8, 4) is 11.5 Å². The molecule has 2 amide bonds. The van der Waals surface area contributed by atoms with E-state index < -0.39 is 0 Å². The van der Waals surface area contributed by atoms with Gasteiger partial charge in [-0.1, -0.05) is 54.6 Å². The number of aromatic hydroxyl groups is 2. The molecule has 0 fully saturated rings. The number of allylic oxidation sites excluding steroid dienone is 5. The third kappa shape index (κ3) is 4.60. The SMILES string of the molecule is O=C1c2ccccc2C(=O)N1CCCCC(C1=CC=CC1)=C(c1ccc(O)cc1)c1ccc(O)cc1. The van der Waals surface area contributed by atoms with Gasteiger partial charge in [-0.25, -0.2) is 0 Å². The summed E-state index contributed by atoms with van der Waals surface area (Å²) in [6, 6.07) is 21.3. The van der Waals surface area contributed by atoms with Crippen molar-refractivity contribution < 1.29 is 19.8 Å². The van der Waals surface area contributed by atoms with Crippen molar-refractivity contribution in [1.82, 2.24) is 4.90 Å². The Hall–Kier alpha value is -4.38. The van der Waals surface area contributed by atoms with Gasteiger partial charge < -0.3 is 10.2 Å². The highest BCUT2D eigenvalue weighted by Gasteiger charge is 2.34. The number of hydrogen-bond donors (Lipinski definition) is 2. The number of nitrogens with zero attached hydrogens (tertiary/aromatic N) is 1. The molecule has 0 aromatic heterocycles. The van der Waals surface area contributed by atoms with Crippen molar-refractivity contribution in [2.45, 2.75) is 25.7 Å². The molecule has 0 unspecified atom stereocenters. The number of benzene rings is 3. The fourth-order valence-electron chi connectivity index (χ4n) is 4.90. The van der Waals surface area contributed by atoms with Gasteiger partial charge in [0.05, 0.1) is 11.1 Å². The van der Waals surface area contributed by atoms with E-state index in [0.29, 0.717) is 24.1 Å². The Bertz CT molecular complexity index is 1310. The molecule has 5 nitrogen and oxygen atoms in total. The Morgan fingerprint density at radius 3 is 1.81 bits per heavy atom. The van der Waals surface area contributed by atoms with Crippen molar-refractivity contribution >= 4 is 17.4 Å². The van der Waals surface area contributed by atoms with Crippen LogP contribution in [0.15, 0.2) is 102 Å². The standard InChI is InChI=1S/C31H27NO4/c33-24-16-12-22(13-17-24)29(23-14-18-25(34)19-15-23)26(21-7-1-2-8-21)9-5-6-20-32-30(35)27-10-3-4-11-28(27)31(32)36/h1-4,7,10-19,33-34H,5-6,8-9,20H2. The smallest absolute Gasteiger partial charge is 0.261 e. The van der Waals surface area contributed by atoms with Gasteiger partial charge in [0.15, 0.2) is 0 Å². The maximum absolute atomic E-state index is 12.7. The second-order valence-electron chi connectivity index (χ2n) is 9.04. The van der Waals surface area contributed by atoms with Crippen LogP contribution >= 0.6 is 0 Å². The van der Waals surface area contributed by atoms with Gasteiger partial charge in [-0.05, 0) is 89.9 Å². The quantitative estimate of drug-likeness (QED) is 0.297. The summed E-state index contributed by atoms with van der Waals surface area (Å²) in [5.74, 6) is -0.0352. The highest BCUT2D eigenvalue weighted by Crippen LogP contribution is 2.37. The number of phenolic OH excluding ortho intramolecular Hbond substituents is 2. The number of rotatable bonds is 8. The number of amides is 2. The Balaban J connectivity index is 1.41. The highest BCUT2D eigenvalue weighted by atomic mass is 16.3. The molecule has 5 heteroatoms. The van der Waals surface area contributed by atoms with Gasteiger partial charge in [0.25, 0.3) is 11.8 Å². The van der Waals surface area contributed by atoms with Crippen LogP contribution in [0.3, 0.4) is 0 Å². The molecule has 3 aromatic carbocycles. The molecule has 2 aliphatic rings. The van der Waals surface area contributed by atoms with Crippen LogP contribution in [0.4, 0.5) is 0 Å². The summed E-state index contributed by atoms with van der Waals surface area (Å²) in [5, 5.41) is 19.7. The molecule has 1 heterocycles. The molecule has 0 atom stereocenters. The normalized spacial score (nSPS) is 14.2. The van der Waals surface area contributed by atoms with Crippen LogP contribution < -0.4 is 0 Å². The van der Waals surface area contributed by atoms with Crippen LogP contribution in [0.1, 0.15) is 57.5 Å². The van der Waals surface area contributed by atoms with Gasteiger partial charge >= 0.3 is 0 Å². The minimum atomic E-state index is -0.219. The first-order valence-corrected chi connectivity index (χ1v) is 12.2. The lowest BCUT2D eigenvalue weighted by atomic mass is 9.86. The average Bonchev–Trinajstić information content (AvgIpc) is 3.51. The van der Waals surface area contributed by atoms with E-state index >= 15 is 0 Å². The molecule has 180 valence electrons. The summed E-state index contributed by atoms with van der Waals surface area (Å²) >= 11 is 0. The van der Waals surface area contributed by atoms with E-state index in [9.17, 15) is 19.8 Å². The first-order chi connectivity index (χ1) is 17.5. The number of fused-ring (bicyclic) bond motifs is 1. The monoisotopic (exact) mass is 477 g/mol. The fraction of sp³-hybridized carbons (Fsp3) is 0.161. The maximum Gasteiger partial charge on any atom is 0.261 e. The van der Waals surface area contributed by atoms with Crippen molar-refractivity contribution in [1.29, 1.82) is 0 Å². The molecule has 0 saturated carbocycles. The first-order valence-electron chi connectivity index (χ1n) is 12.2. The van der Waals surface area contributed by atoms with Crippen LogP contribution in [0.2, 0.25) is 0 Å². The van der Waals surface area contributed by atoms with E-state index in [1.807, 2.05) is 24.3 Å². The lowest BCUT2D eigenvalue weighted by molar-refractivity contribution is 0.0651. The summed E-state index contributed by atoms with van der Waals surface area (Å²) in [4.78, 5) is 26.8. The van der Waals surface area contributed by atoms with Gasteiger partial charge in [0.2, 0.25) is 0 Å². The van der Waals surface area contributed by atoms with Gasteiger partial charge in [-0.3, -0.25) is 14.5 Å². The molecule has 2 N–H and O–H groups in total. The second kappa shape index (κ2) is 10.1. The topological polar surface area (TPSA) is 77.8 Å². The number of carbonyl (C=O) groups is 2. The zero-order valence-corrected chi connectivity index (χ0v) is 19.9. The second-order valence-corrected chi connectivity index (χ2v) is 9.04. The maximum atomic E-state index is 12.7.